The van der Waals surface area contributed by atoms with Gasteiger partial charge in [-0.25, -0.2) is 4.98 Å². The zero-order valence-corrected chi connectivity index (χ0v) is 36.5. The zero-order valence-electron chi connectivity index (χ0n) is 45.5. The fourth-order valence-corrected chi connectivity index (χ4v) is 12.1. The molecule has 9 aromatic carbocycles. The van der Waals surface area contributed by atoms with E-state index in [0.29, 0.717) is 27.8 Å². The summed E-state index contributed by atoms with van der Waals surface area (Å²) in [5.41, 5.74) is 3.63. The molecule has 3 aromatic heterocycles. The molecule has 0 saturated heterocycles. The maximum atomic E-state index is 13.4. The SMILES string of the molecule is [2H]c1c([2H])c([2H])c(-c2cccc(-c3c([2H])c([2H])c([2H])c([2H])c3[2H])c2-[n+]2[c-]n(-c3cccc(Oc4cc([Si](O)(c5ccccc5)c5ccccc5)cc5c6ccccc6n(-c6ccccc6)c45)n3)c3ccccc32)c([2H])c1[2H]. The molecule has 12 rings (SSSR count). The third-order valence-corrected chi connectivity index (χ3v) is 15.5. The highest BCUT2D eigenvalue weighted by Gasteiger charge is 2.39. The molecule has 318 valence electrons. The van der Waals surface area contributed by atoms with Crippen LogP contribution in [0.2, 0.25) is 0 Å². The first-order chi connectivity index (χ1) is 37.3. The third-order valence-electron chi connectivity index (χ3n) is 12.1. The minimum atomic E-state index is -3.74. The van der Waals surface area contributed by atoms with E-state index in [9.17, 15) is 4.80 Å². The standard InChI is InChI=1S/C60H42N4O2Si/c65-67(46-28-12-4-13-29-46,47-30-14-5-15-31-47)48-40-52-51-32-16-17-35-53(51)64(45-26-10-3-11-27-45)60(52)56(41-48)66-58-39-21-38-57(61-58)62-42-63(55-37-19-18-36-54(55)62)59-49(43-22-6-1-7-23-43)33-20-34-50(59)44-24-8-2-9-25-44/h1-41,65H/i1D,2D,6D,7D,8D,9D,22D,23D,24D,25D. The highest BCUT2D eigenvalue weighted by atomic mass is 28.4. The van der Waals surface area contributed by atoms with Crippen molar-refractivity contribution < 1.29 is 27.8 Å². The smallest absolute Gasteiger partial charge is 0.285 e. The van der Waals surface area contributed by atoms with Gasteiger partial charge in [0.05, 0.1) is 41.5 Å². The summed E-state index contributed by atoms with van der Waals surface area (Å²) in [6.07, 6.45) is 3.41. The Morgan fingerprint density at radius 3 is 1.76 bits per heavy atom. The van der Waals surface area contributed by atoms with Gasteiger partial charge in [0, 0.05) is 16.5 Å². The van der Waals surface area contributed by atoms with Crippen LogP contribution < -0.4 is 24.9 Å². The maximum Gasteiger partial charge on any atom is 0.285 e. The second-order valence-electron chi connectivity index (χ2n) is 15.9. The normalized spacial score (nSPS) is 13.7. The van der Waals surface area contributed by atoms with Crippen molar-refractivity contribution in [2.45, 2.75) is 0 Å². The fraction of sp³-hybridized carbons (Fsp3) is 0. The van der Waals surface area contributed by atoms with Crippen molar-refractivity contribution in [1.29, 1.82) is 0 Å². The molecule has 7 heteroatoms. The Hall–Kier alpha value is -8.62. The number of imidazole rings is 1. The molecule has 6 nitrogen and oxygen atoms in total. The van der Waals surface area contributed by atoms with Gasteiger partial charge in [-0.2, -0.15) is 0 Å². The molecule has 0 saturated carbocycles. The maximum absolute atomic E-state index is 13.4. The molecule has 0 aliphatic carbocycles. The Labute approximate surface area is 403 Å². The third kappa shape index (κ3) is 6.93. The number of rotatable bonds is 10. The van der Waals surface area contributed by atoms with Gasteiger partial charge >= 0.3 is 0 Å². The first kappa shape index (κ1) is 30.5. The summed E-state index contributed by atoms with van der Waals surface area (Å²) in [6.45, 7) is 0. The van der Waals surface area contributed by atoms with Gasteiger partial charge in [-0.3, -0.25) is 9.13 Å². The lowest BCUT2D eigenvalue weighted by atomic mass is 9.95. The van der Waals surface area contributed by atoms with Crippen molar-refractivity contribution in [3.63, 3.8) is 0 Å². The van der Waals surface area contributed by atoms with Crippen LogP contribution in [0.5, 0.6) is 11.6 Å². The summed E-state index contributed by atoms with van der Waals surface area (Å²) >= 11 is 0. The van der Waals surface area contributed by atoms with Crippen LogP contribution in [-0.2, 0) is 0 Å². The lowest BCUT2D eigenvalue weighted by molar-refractivity contribution is -0.571. The average molecular weight is 889 g/mol. The van der Waals surface area contributed by atoms with E-state index in [1.54, 1.807) is 57.7 Å². The molecule has 0 bridgehead atoms. The number of ether oxygens (including phenoxy) is 1. The number of nitrogens with zero attached hydrogens (tertiary/aromatic N) is 4. The van der Waals surface area contributed by atoms with E-state index in [-0.39, 0.29) is 33.8 Å². The zero-order chi connectivity index (χ0) is 53.4. The van der Waals surface area contributed by atoms with Gasteiger partial charge < -0.3 is 14.1 Å². The molecule has 0 radical (unpaired) electrons. The molecular weight excluding hydrogens is 837 g/mol. The summed E-state index contributed by atoms with van der Waals surface area (Å²) in [6, 6.07) is 53.3. The molecule has 0 aliphatic rings. The summed E-state index contributed by atoms with van der Waals surface area (Å²) < 4.78 is 100. The molecule has 0 spiro atoms. The van der Waals surface area contributed by atoms with Gasteiger partial charge in [0.1, 0.15) is 0 Å². The second kappa shape index (κ2) is 16.7. The second-order valence-corrected chi connectivity index (χ2v) is 19.1. The van der Waals surface area contributed by atoms with E-state index in [4.69, 9.17) is 23.4 Å². The van der Waals surface area contributed by atoms with E-state index in [0.717, 1.165) is 37.9 Å². The van der Waals surface area contributed by atoms with Crippen molar-refractivity contribution in [1.82, 2.24) is 14.1 Å². The van der Waals surface area contributed by atoms with Crippen LogP contribution in [0.1, 0.15) is 13.7 Å². The molecule has 1 N–H and O–H groups in total. The first-order valence-corrected chi connectivity index (χ1v) is 23.6. The van der Waals surface area contributed by atoms with Gasteiger partial charge in [-0.15, -0.1) is 0 Å². The quantitative estimate of drug-likeness (QED) is 0.0644. The first-order valence-electron chi connectivity index (χ1n) is 26.6. The topological polar surface area (TPSA) is 56.1 Å². The fourth-order valence-electron chi connectivity index (χ4n) is 9.10. The van der Waals surface area contributed by atoms with Crippen LogP contribution in [0.25, 0.3) is 72.3 Å². The highest BCUT2D eigenvalue weighted by molar-refractivity contribution is 7.06. The predicted octanol–water partition coefficient (Wildman–Crippen LogP) is 11.3. The molecule has 67 heavy (non-hydrogen) atoms. The molecule has 0 unspecified atom stereocenters. The minimum Gasteiger partial charge on any atom is -0.437 e. The summed E-state index contributed by atoms with van der Waals surface area (Å²) in [7, 11) is -3.74. The summed E-state index contributed by atoms with van der Waals surface area (Å²) in [5, 5.41) is 4.05. The lowest BCUT2D eigenvalue weighted by Crippen LogP contribution is -2.67. The molecule has 12 aromatic rings. The monoisotopic (exact) mass is 888 g/mol. The van der Waals surface area contributed by atoms with E-state index in [1.165, 1.54) is 0 Å². The Morgan fingerprint density at radius 2 is 1.10 bits per heavy atom. The molecular formula is C60H42N4O2Si. The van der Waals surface area contributed by atoms with Crippen LogP contribution in [0, 0.1) is 6.33 Å². The number of hydrogen-bond donors (Lipinski definition) is 1. The van der Waals surface area contributed by atoms with Crippen LogP contribution in [0.3, 0.4) is 0 Å². The number of fused-ring (bicyclic) bond motifs is 4. The summed E-state index contributed by atoms with van der Waals surface area (Å²) in [5.74, 6) is 0.942. The Balaban J connectivity index is 1.10. The molecule has 0 aliphatic heterocycles. The number of para-hydroxylation sites is 5. The van der Waals surface area contributed by atoms with E-state index in [2.05, 4.69) is 29.1 Å². The van der Waals surface area contributed by atoms with Crippen molar-refractivity contribution in [2.75, 3.05) is 0 Å². The van der Waals surface area contributed by atoms with Crippen molar-refractivity contribution >= 4 is 56.7 Å². The van der Waals surface area contributed by atoms with Gasteiger partial charge in [0.25, 0.3) is 14.6 Å². The predicted molar refractivity (Wildman–Crippen MR) is 273 cm³/mol. The summed E-state index contributed by atoms with van der Waals surface area (Å²) in [4.78, 5) is 18.6. The van der Waals surface area contributed by atoms with Crippen molar-refractivity contribution in [2.24, 2.45) is 0 Å². The van der Waals surface area contributed by atoms with Gasteiger partial charge in [-0.1, -0.05) is 206 Å². The number of aromatic nitrogens is 4. The van der Waals surface area contributed by atoms with Gasteiger partial charge in [0.15, 0.2) is 11.6 Å². The average Bonchev–Trinajstić information content (AvgIpc) is 4.24. The van der Waals surface area contributed by atoms with Crippen LogP contribution in [0.15, 0.2) is 248 Å². The minimum absolute atomic E-state index is 0.118. The molecule has 0 fully saturated rings. The van der Waals surface area contributed by atoms with Crippen molar-refractivity contribution in [3.8, 4) is 51.1 Å². The molecule has 3 heterocycles. The van der Waals surface area contributed by atoms with E-state index >= 15 is 0 Å². The molecule has 0 amide bonds. The number of hydrogen-bond acceptors (Lipinski definition) is 3. The van der Waals surface area contributed by atoms with Gasteiger partial charge in [-0.05, 0) is 80.3 Å². The number of benzene rings is 9. The Morgan fingerprint density at radius 1 is 0.537 bits per heavy atom. The van der Waals surface area contributed by atoms with Crippen molar-refractivity contribution in [3.05, 3.63) is 255 Å². The molecule has 0 atom stereocenters. The highest BCUT2D eigenvalue weighted by Crippen LogP contribution is 2.39. The van der Waals surface area contributed by atoms with Gasteiger partial charge in [0.2, 0.25) is 5.88 Å². The van der Waals surface area contributed by atoms with E-state index < -0.39 is 68.7 Å². The number of pyridine rings is 1. The lowest BCUT2D eigenvalue weighted by Gasteiger charge is -2.27. The van der Waals surface area contributed by atoms with Crippen LogP contribution >= 0.6 is 0 Å². The Kier molecular flexibility index (Phi) is 7.62. The van der Waals surface area contributed by atoms with Crippen LogP contribution in [-0.4, -0.2) is 27.2 Å². The van der Waals surface area contributed by atoms with Crippen LogP contribution in [0.4, 0.5) is 0 Å². The Bertz CT molecular complexity index is 4160. The van der Waals surface area contributed by atoms with E-state index in [1.807, 2.05) is 121 Å². The largest absolute Gasteiger partial charge is 0.437 e.